The van der Waals surface area contributed by atoms with E-state index in [1.807, 2.05) is 0 Å². The molecule has 0 aliphatic carbocycles. The van der Waals surface area contributed by atoms with E-state index >= 15 is 0 Å². The van der Waals surface area contributed by atoms with E-state index in [-0.39, 0.29) is 17.9 Å². The van der Waals surface area contributed by atoms with Crippen LogP contribution >= 0.6 is 15.9 Å². The molecule has 20 heavy (non-hydrogen) atoms. The summed E-state index contributed by atoms with van der Waals surface area (Å²) >= 11 is 3.17. The number of aliphatic carboxylic acids is 1. The molecule has 0 spiro atoms. The van der Waals surface area contributed by atoms with E-state index in [2.05, 4.69) is 26.0 Å². The molecule has 0 unspecified atom stereocenters. The van der Waals surface area contributed by atoms with Crippen molar-refractivity contribution >= 4 is 37.8 Å². The van der Waals surface area contributed by atoms with Gasteiger partial charge in [-0.05, 0) is 18.2 Å². The minimum absolute atomic E-state index is 0.0813. The summed E-state index contributed by atoms with van der Waals surface area (Å²) in [6.07, 6.45) is -0.138. The summed E-state index contributed by atoms with van der Waals surface area (Å²) in [6.45, 7) is -0.600. The van der Waals surface area contributed by atoms with Gasteiger partial charge >= 0.3 is 5.97 Å². The molecule has 9 heteroatoms. The normalized spacial score (nSPS) is 11.1. The largest absolute Gasteiger partial charge is 0.480 e. The molecule has 0 saturated heterocycles. The Morgan fingerprint density at radius 3 is 2.60 bits per heavy atom. The first-order valence-electron chi connectivity index (χ1n) is 5.55. The Balaban J connectivity index is 2.48. The Labute approximate surface area is 124 Å². The fourth-order valence-electron chi connectivity index (χ4n) is 1.28. The highest BCUT2D eigenvalue weighted by Gasteiger charge is 2.14. The van der Waals surface area contributed by atoms with E-state index in [4.69, 9.17) is 5.11 Å². The molecular weight excluding hydrogens is 352 g/mol. The first kappa shape index (κ1) is 16.6. The molecule has 110 valence electrons. The molecule has 0 aliphatic heterocycles. The third-order valence-corrected chi connectivity index (χ3v) is 4.14. The highest BCUT2D eigenvalue weighted by Crippen LogP contribution is 2.15. The number of sulfonamides is 1. The lowest BCUT2D eigenvalue weighted by Crippen LogP contribution is -2.33. The number of amides is 1. The summed E-state index contributed by atoms with van der Waals surface area (Å²) in [5, 5.41) is 10.5. The molecule has 0 radical (unpaired) electrons. The van der Waals surface area contributed by atoms with E-state index in [0.717, 1.165) is 0 Å². The van der Waals surface area contributed by atoms with Crippen molar-refractivity contribution in [2.75, 3.05) is 13.1 Å². The minimum Gasteiger partial charge on any atom is -0.480 e. The van der Waals surface area contributed by atoms with Gasteiger partial charge in [-0.2, -0.15) is 0 Å². The molecule has 1 aromatic rings. The molecule has 1 amide bonds. The van der Waals surface area contributed by atoms with E-state index < -0.39 is 28.4 Å². The van der Waals surface area contributed by atoms with Crippen LogP contribution in [0.1, 0.15) is 6.42 Å². The molecular formula is C11H13BrN2O5S. The SMILES string of the molecule is O=C(O)CNC(=O)CCNS(=O)(=O)c1cccc(Br)c1. The molecule has 3 N–H and O–H groups in total. The highest BCUT2D eigenvalue weighted by atomic mass is 79.9. The number of benzene rings is 1. The van der Waals surface area contributed by atoms with Gasteiger partial charge in [-0.25, -0.2) is 13.1 Å². The van der Waals surface area contributed by atoms with Crippen LogP contribution in [-0.4, -0.2) is 38.5 Å². The summed E-state index contributed by atoms with van der Waals surface area (Å²) in [4.78, 5) is 21.5. The van der Waals surface area contributed by atoms with Gasteiger partial charge in [0.1, 0.15) is 6.54 Å². The fraction of sp³-hybridized carbons (Fsp3) is 0.273. The van der Waals surface area contributed by atoms with Gasteiger partial charge in [0.2, 0.25) is 15.9 Å². The Bertz CT molecular complexity index is 603. The number of carbonyl (C=O) groups excluding carboxylic acids is 1. The van der Waals surface area contributed by atoms with Crippen LogP contribution in [0.3, 0.4) is 0 Å². The predicted octanol–water partition coefficient (Wildman–Crippen LogP) is 0.318. The molecule has 0 saturated carbocycles. The number of nitrogens with one attached hydrogen (secondary N) is 2. The molecule has 0 aliphatic rings. The van der Waals surface area contributed by atoms with Gasteiger partial charge in [0.25, 0.3) is 0 Å². The molecule has 0 bridgehead atoms. The van der Waals surface area contributed by atoms with Crippen molar-refractivity contribution in [2.24, 2.45) is 0 Å². The average Bonchev–Trinajstić information content (AvgIpc) is 2.36. The summed E-state index contributed by atoms with van der Waals surface area (Å²) in [7, 11) is -3.69. The van der Waals surface area contributed by atoms with Gasteiger partial charge in [0.15, 0.2) is 0 Å². The van der Waals surface area contributed by atoms with Crippen LogP contribution in [0.15, 0.2) is 33.6 Å². The number of carbonyl (C=O) groups is 2. The zero-order valence-electron chi connectivity index (χ0n) is 10.3. The van der Waals surface area contributed by atoms with Crippen LogP contribution in [0.5, 0.6) is 0 Å². The van der Waals surface area contributed by atoms with E-state index in [1.54, 1.807) is 12.1 Å². The summed E-state index contributed by atoms with van der Waals surface area (Å²) in [5.41, 5.74) is 0. The zero-order valence-corrected chi connectivity index (χ0v) is 12.7. The molecule has 0 heterocycles. The first-order chi connectivity index (χ1) is 9.31. The molecule has 1 aromatic carbocycles. The number of rotatable bonds is 7. The molecule has 1 rings (SSSR count). The first-order valence-corrected chi connectivity index (χ1v) is 7.82. The van der Waals surface area contributed by atoms with Crippen molar-refractivity contribution < 1.29 is 23.1 Å². The maximum Gasteiger partial charge on any atom is 0.322 e. The average molecular weight is 365 g/mol. The molecule has 0 fully saturated rings. The van der Waals surface area contributed by atoms with Gasteiger partial charge in [0, 0.05) is 17.4 Å². The van der Waals surface area contributed by atoms with Gasteiger partial charge < -0.3 is 10.4 Å². The lowest BCUT2D eigenvalue weighted by Gasteiger charge is -2.07. The monoisotopic (exact) mass is 364 g/mol. The summed E-state index contributed by atoms with van der Waals surface area (Å²) in [5.74, 6) is -1.70. The van der Waals surface area contributed by atoms with Gasteiger partial charge in [-0.1, -0.05) is 22.0 Å². The van der Waals surface area contributed by atoms with Crippen molar-refractivity contribution in [2.45, 2.75) is 11.3 Å². The van der Waals surface area contributed by atoms with Crippen LogP contribution in [0.25, 0.3) is 0 Å². The Morgan fingerprint density at radius 2 is 2.00 bits per heavy atom. The lowest BCUT2D eigenvalue weighted by atomic mass is 10.4. The minimum atomic E-state index is -3.69. The van der Waals surface area contributed by atoms with Crippen LogP contribution in [0.4, 0.5) is 0 Å². The predicted molar refractivity (Wildman–Crippen MR) is 74.6 cm³/mol. The fourth-order valence-corrected chi connectivity index (χ4v) is 2.91. The Kier molecular flexibility index (Phi) is 6.11. The number of carboxylic acid groups (broad SMARTS) is 1. The van der Waals surface area contributed by atoms with Crippen LogP contribution in [0, 0.1) is 0 Å². The van der Waals surface area contributed by atoms with Gasteiger partial charge in [-0.15, -0.1) is 0 Å². The summed E-state index contributed by atoms with van der Waals surface area (Å²) < 4.78 is 26.6. The van der Waals surface area contributed by atoms with Crippen molar-refractivity contribution in [3.63, 3.8) is 0 Å². The molecule has 0 atom stereocenters. The van der Waals surface area contributed by atoms with E-state index in [0.29, 0.717) is 4.47 Å². The maximum absolute atomic E-state index is 11.9. The number of hydrogen-bond acceptors (Lipinski definition) is 4. The Hall–Kier alpha value is -1.45. The third kappa shape index (κ3) is 5.68. The number of hydrogen-bond donors (Lipinski definition) is 3. The highest BCUT2D eigenvalue weighted by molar-refractivity contribution is 9.10. The molecule has 0 aromatic heterocycles. The van der Waals surface area contributed by atoms with E-state index in [1.165, 1.54) is 12.1 Å². The molecule has 7 nitrogen and oxygen atoms in total. The van der Waals surface area contributed by atoms with Gasteiger partial charge in [0.05, 0.1) is 4.90 Å². The smallest absolute Gasteiger partial charge is 0.322 e. The van der Waals surface area contributed by atoms with Crippen molar-refractivity contribution in [1.82, 2.24) is 10.0 Å². The standard InChI is InChI=1S/C11H13BrN2O5S/c12-8-2-1-3-9(6-8)20(18,19)14-5-4-10(15)13-7-11(16)17/h1-3,6,14H,4-5,7H2,(H,13,15)(H,16,17). The van der Waals surface area contributed by atoms with Crippen LogP contribution in [0.2, 0.25) is 0 Å². The maximum atomic E-state index is 11.9. The topological polar surface area (TPSA) is 113 Å². The quantitative estimate of drug-likeness (QED) is 0.644. The van der Waals surface area contributed by atoms with Crippen LogP contribution in [-0.2, 0) is 19.6 Å². The van der Waals surface area contributed by atoms with Crippen molar-refractivity contribution in [3.05, 3.63) is 28.7 Å². The van der Waals surface area contributed by atoms with Crippen LogP contribution < -0.4 is 10.0 Å². The third-order valence-electron chi connectivity index (χ3n) is 2.19. The lowest BCUT2D eigenvalue weighted by molar-refractivity contribution is -0.137. The second-order valence-corrected chi connectivity index (χ2v) is 6.46. The number of carboxylic acids is 1. The number of halogens is 1. The van der Waals surface area contributed by atoms with Crippen molar-refractivity contribution in [1.29, 1.82) is 0 Å². The van der Waals surface area contributed by atoms with Crippen molar-refractivity contribution in [3.8, 4) is 0 Å². The van der Waals surface area contributed by atoms with E-state index in [9.17, 15) is 18.0 Å². The second-order valence-electron chi connectivity index (χ2n) is 3.78. The second kappa shape index (κ2) is 7.36. The summed E-state index contributed by atoms with van der Waals surface area (Å²) in [6, 6.07) is 6.14. The Morgan fingerprint density at radius 1 is 1.30 bits per heavy atom. The van der Waals surface area contributed by atoms with Gasteiger partial charge in [-0.3, -0.25) is 9.59 Å². The zero-order chi connectivity index (χ0) is 15.2.